The number of carbonyl (C=O) groups excluding carboxylic acids is 2. The van der Waals surface area contributed by atoms with Gasteiger partial charge in [-0.1, -0.05) is 12.7 Å². The van der Waals surface area contributed by atoms with Crippen LogP contribution in [-0.2, 0) is 23.7 Å². The van der Waals surface area contributed by atoms with E-state index < -0.39 is 6.16 Å². The highest BCUT2D eigenvalue weighted by atomic mass is 16.7. The summed E-state index contributed by atoms with van der Waals surface area (Å²) in [6.45, 7) is 7.10. The van der Waals surface area contributed by atoms with Crippen molar-refractivity contribution in [3.63, 3.8) is 0 Å². The minimum absolute atomic E-state index is 0.0522. The number of fused-ring (bicyclic) bond motifs is 3. The molecule has 27 heavy (non-hydrogen) atoms. The van der Waals surface area contributed by atoms with Crippen LogP contribution in [0.4, 0.5) is 4.79 Å². The summed E-state index contributed by atoms with van der Waals surface area (Å²) < 4.78 is 21.7. The minimum atomic E-state index is -0.658. The van der Waals surface area contributed by atoms with Crippen molar-refractivity contribution in [3.8, 4) is 0 Å². The normalized spacial score (nSPS) is 34.8. The molecule has 0 aromatic carbocycles. The summed E-state index contributed by atoms with van der Waals surface area (Å²) in [5, 5.41) is 0. The van der Waals surface area contributed by atoms with Crippen LogP contribution < -0.4 is 0 Å². The number of nitrogens with zero attached hydrogens (tertiary/aromatic N) is 1. The van der Waals surface area contributed by atoms with Gasteiger partial charge in [-0.15, -0.1) is 0 Å². The quantitative estimate of drug-likeness (QED) is 0.314. The number of hydrogen-bond donors (Lipinski definition) is 0. The highest BCUT2D eigenvalue weighted by Gasteiger charge is 2.61. The first-order valence-corrected chi connectivity index (χ1v) is 9.50. The molecule has 3 aliphatic rings. The fraction of sp³-hybridized carbons (Fsp3) is 0.700. The van der Waals surface area contributed by atoms with E-state index in [4.69, 9.17) is 18.9 Å². The largest absolute Gasteiger partial charge is 0.508 e. The van der Waals surface area contributed by atoms with E-state index in [0.29, 0.717) is 25.1 Å². The van der Waals surface area contributed by atoms with E-state index in [1.54, 1.807) is 0 Å². The van der Waals surface area contributed by atoms with Crippen molar-refractivity contribution < 1.29 is 28.5 Å². The number of epoxide rings is 1. The first kappa shape index (κ1) is 19.9. The number of hydrogen-bond acceptors (Lipinski definition) is 7. The van der Waals surface area contributed by atoms with Crippen LogP contribution in [-0.4, -0.2) is 68.7 Å². The Hall–Kier alpha value is -1.86. The molecule has 7 heteroatoms. The maximum atomic E-state index is 12.0. The van der Waals surface area contributed by atoms with Crippen molar-refractivity contribution >= 4 is 12.1 Å². The molecule has 2 aliphatic heterocycles. The molecule has 0 aromatic heterocycles. The SMILES string of the molecule is C=C1C(=O)O[C@H]2[C@H]1CC/C(COC(=O)OCCN(C)C)=C\CC[C@@]1(C)O[C@@H]21. The third-order valence-electron chi connectivity index (χ3n) is 5.57. The molecular formula is C20H29NO6. The second-order valence-corrected chi connectivity index (χ2v) is 7.98. The van der Waals surface area contributed by atoms with Crippen LogP contribution >= 0.6 is 0 Å². The van der Waals surface area contributed by atoms with Crippen molar-refractivity contribution in [3.05, 3.63) is 23.8 Å². The summed E-state index contributed by atoms with van der Waals surface area (Å²) in [4.78, 5) is 25.6. The van der Waals surface area contributed by atoms with Crippen LogP contribution in [0.1, 0.15) is 32.6 Å². The summed E-state index contributed by atoms with van der Waals surface area (Å²) in [7, 11) is 3.82. The van der Waals surface area contributed by atoms with Crippen molar-refractivity contribution in [2.45, 2.75) is 50.4 Å². The molecule has 0 spiro atoms. The van der Waals surface area contributed by atoms with Gasteiger partial charge in [0.2, 0.25) is 0 Å². The lowest BCUT2D eigenvalue weighted by Gasteiger charge is -2.20. The summed E-state index contributed by atoms with van der Waals surface area (Å²) in [5.41, 5.74) is 1.27. The third kappa shape index (κ3) is 4.71. The van der Waals surface area contributed by atoms with Gasteiger partial charge in [0.05, 0.1) is 5.60 Å². The van der Waals surface area contributed by atoms with Gasteiger partial charge in [-0.05, 0) is 52.3 Å². The molecule has 0 aromatic rings. The molecule has 150 valence electrons. The van der Waals surface area contributed by atoms with Gasteiger partial charge >= 0.3 is 12.1 Å². The van der Waals surface area contributed by atoms with Crippen LogP contribution in [0.25, 0.3) is 0 Å². The summed E-state index contributed by atoms with van der Waals surface area (Å²) in [5.74, 6) is -0.383. The molecule has 0 unspecified atom stereocenters. The van der Waals surface area contributed by atoms with Crippen LogP contribution in [0.15, 0.2) is 23.8 Å². The molecule has 2 saturated heterocycles. The Morgan fingerprint density at radius 1 is 1.41 bits per heavy atom. The zero-order valence-corrected chi connectivity index (χ0v) is 16.4. The van der Waals surface area contributed by atoms with E-state index >= 15 is 0 Å². The van der Waals surface area contributed by atoms with Crippen LogP contribution in [0.2, 0.25) is 0 Å². The fourth-order valence-corrected chi connectivity index (χ4v) is 3.76. The topological polar surface area (TPSA) is 77.6 Å². The first-order chi connectivity index (χ1) is 12.8. The number of esters is 1. The van der Waals surface area contributed by atoms with E-state index in [9.17, 15) is 9.59 Å². The van der Waals surface area contributed by atoms with Gasteiger partial charge in [-0.2, -0.15) is 0 Å². The molecule has 0 bridgehead atoms. The Kier molecular flexibility index (Phi) is 5.91. The molecule has 2 heterocycles. The van der Waals surface area contributed by atoms with Crippen molar-refractivity contribution in [2.75, 3.05) is 33.9 Å². The number of ether oxygens (including phenoxy) is 4. The Morgan fingerprint density at radius 2 is 2.19 bits per heavy atom. The van der Waals surface area contributed by atoms with E-state index in [0.717, 1.165) is 24.8 Å². The summed E-state index contributed by atoms with van der Waals surface area (Å²) >= 11 is 0. The smallest absolute Gasteiger partial charge is 0.455 e. The van der Waals surface area contributed by atoms with Gasteiger partial charge < -0.3 is 23.8 Å². The average molecular weight is 379 g/mol. The van der Waals surface area contributed by atoms with Crippen LogP contribution in [0.5, 0.6) is 0 Å². The molecule has 3 rings (SSSR count). The second kappa shape index (κ2) is 8.02. The Bertz CT molecular complexity index is 642. The standard InChI is InChI=1S/C20H29NO6/c1-13-15-8-7-14(12-25-19(23)24-11-10-21(3)4)6-5-9-20(2)17(27-20)16(15)26-18(13)22/h6,15-17H,1,5,7-12H2,2-4H3/b14-6+/t15-,16-,17-,20+/m0/s1. The number of allylic oxidation sites excluding steroid dienone is 1. The molecule has 2 fully saturated rings. The average Bonchev–Trinajstić information content (AvgIpc) is 3.19. The van der Waals surface area contributed by atoms with Gasteiger partial charge in [0.25, 0.3) is 0 Å². The van der Waals surface area contributed by atoms with Crippen molar-refractivity contribution in [1.82, 2.24) is 4.90 Å². The monoisotopic (exact) mass is 379 g/mol. The third-order valence-corrected chi connectivity index (χ3v) is 5.57. The zero-order chi connectivity index (χ0) is 19.6. The summed E-state index contributed by atoms with van der Waals surface area (Å²) in [6, 6.07) is 0. The zero-order valence-electron chi connectivity index (χ0n) is 16.4. The van der Waals surface area contributed by atoms with Crippen molar-refractivity contribution in [1.29, 1.82) is 0 Å². The Balaban J connectivity index is 1.57. The lowest BCUT2D eigenvalue weighted by Crippen LogP contribution is -2.29. The number of carbonyl (C=O) groups is 2. The molecule has 4 atom stereocenters. The minimum Gasteiger partial charge on any atom is -0.455 e. The first-order valence-electron chi connectivity index (χ1n) is 9.50. The van der Waals surface area contributed by atoms with Gasteiger partial charge in [0, 0.05) is 18.0 Å². The van der Waals surface area contributed by atoms with Gasteiger partial charge in [-0.3, -0.25) is 0 Å². The molecule has 0 radical (unpaired) electrons. The molecule has 0 amide bonds. The highest BCUT2D eigenvalue weighted by Crippen LogP contribution is 2.49. The lowest BCUT2D eigenvalue weighted by atomic mass is 9.84. The van der Waals surface area contributed by atoms with Crippen molar-refractivity contribution in [2.24, 2.45) is 5.92 Å². The predicted molar refractivity (Wildman–Crippen MR) is 98.2 cm³/mol. The number of rotatable bonds is 5. The van der Waals surface area contributed by atoms with Crippen LogP contribution in [0.3, 0.4) is 0 Å². The fourth-order valence-electron chi connectivity index (χ4n) is 3.76. The van der Waals surface area contributed by atoms with E-state index in [2.05, 4.69) is 19.6 Å². The number of likely N-dealkylation sites (N-methyl/N-ethyl adjacent to an activating group) is 1. The van der Waals surface area contributed by atoms with Gasteiger partial charge in [0.15, 0.2) is 0 Å². The van der Waals surface area contributed by atoms with E-state index in [1.807, 2.05) is 19.0 Å². The van der Waals surface area contributed by atoms with Crippen LogP contribution in [0, 0.1) is 5.92 Å². The predicted octanol–water partition coefficient (Wildman–Crippen LogP) is 2.46. The maximum absolute atomic E-state index is 12.0. The van der Waals surface area contributed by atoms with E-state index in [-0.39, 0.29) is 36.3 Å². The molecular weight excluding hydrogens is 350 g/mol. The Morgan fingerprint density at radius 3 is 2.93 bits per heavy atom. The molecule has 0 N–H and O–H groups in total. The van der Waals surface area contributed by atoms with E-state index in [1.165, 1.54) is 0 Å². The maximum Gasteiger partial charge on any atom is 0.508 e. The highest BCUT2D eigenvalue weighted by molar-refractivity contribution is 5.91. The summed E-state index contributed by atoms with van der Waals surface area (Å²) in [6.07, 6.45) is 4.23. The molecule has 7 nitrogen and oxygen atoms in total. The van der Waals surface area contributed by atoms with Gasteiger partial charge in [-0.25, -0.2) is 9.59 Å². The molecule has 1 aliphatic carbocycles. The van der Waals surface area contributed by atoms with Gasteiger partial charge in [0.1, 0.15) is 25.4 Å². The molecule has 0 saturated carbocycles. The second-order valence-electron chi connectivity index (χ2n) is 7.98. The Labute approximate surface area is 160 Å². The lowest BCUT2D eigenvalue weighted by molar-refractivity contribution is -0.140.